The summed E-state index contributed by atoms with van der Waals surface area (Å²) < 4.78 is 0. The zero-order valence-corrected chi connectivity index (χ0v) is 11.3. The van der Waals surface area contributed by atoms with E-state index in [0.29, 0.717) is 11.4 Å². The van der Waals surface area contributed by atoms with E-state index in [1.54, 1.807) is 45.3 Å². The Bertz CT molecular complexity index is 469. The molecule has 6 heteroatoms. The highest BCUT2D eigenvalue weighted by molar-refractivity contribution is 6.05. The molecule has 0 atom stereocenters. The molecular weight excluding hydrogens is 244 g/mol. The highest BCUT2D eigenvalue weighted by Crippen LogP contribution is 2.03. The third kappa shape index (κ3) is 5.76. The van der Waals surface area contributed by atoms with Crippen LogP contribution in [0, 0.1) is 5.92 Å². The van der Waals surface area contributed by atoms with Crippen LogP contribution in [0.5, 0.6) is 0 Å². The van der Waals surface area contributed by atoms with Gasteiger partial charge in [0.25, 0.3) is 0 Å². The quantitative estimate of drug-likeness (QED) is 0.624. The first-order valence-corrected chi connectivity index (χ1v) is 6.02. The van der Waals surface area contributed by atoms with Gasteiger partial charge in [0.2, 0.25) is 11.8 Å². The number of nitrogens with one attached hydrogen (secondary N) is 2. The molecule has 0 aliphatic rings. The van der Waals surface area contributed by atoms with Crippen molar-refractivity contribution in [3.63, 3.8) is 0 Å². The SMILES string of the molecule is C/C(CC(=O)Nc1cccnc1)=N\NC(=O)C(C)C. The fourth-order valence-corrected chi connectivity index (χ4v) is 1.19. The Morgan fingerprint density at radius 3 is 2.74 bits per heavy atom. The molecule has 0 fully saturated rings. The maximum absolute atomic E-state index is 11.7. The predicted molar refractivity (Wildman–Crippen MR) is 73.6 cm³/mol. The molecule has 0 aliphatic heterocycles. The topological polar surface area (TPSA) is 83.4 Å². The van der Waals surface area contributed by atoms with E-state index in [1.807, 2.05) is 0 Å². The van der Waals surface area contributed by atoms with Gasteiger partial charge in [0.05, 0.1) is 18.3 Å². The number of nitrogens with zero attached hydrogens (tertiary/aromatic N) is 2. The van der Waals surface area contributed by atoms with Crippen LogP contribution in [-0.2, 0) is 9.59 Å². The Morgan fingerprint density at radius 1 is 1.42 bits per heavy atom. The summed E-state index contributed by atoms with van der Waals surface area (Å²) in [6, 6.07) is 3.48. The van der Waals surface area contributed by atoms with E-state index < -0.39 is 0 Å². The van der Waals surface area contributed by atoms with E-state index in [-0.39, 0.29) is 24.2 Å². The Kier molecular flexibility index (Phi) is 5.66. The van der Waals surface area contributed by atoms with Gasteiger partial charge in [0.15, 0.2) is 0 Å². The number of anilines is 1. The number of rotatable bonds is 5. The van der Waals surface area contributed by atoms with Gasteiger partial charge in [0, 0.05) is 17.8 Å². The third-order valence-electron chi connectivity index (χ3n) is 2.24. The van der Waals surface area contributed by atoms with Gasteiger partial charge >= 0.3 is 0 Å². The number of carbonyl (C=O) groups excluding carboxylic acids is 2. The van der Waals surface area contributed by atoms with Gasteiger partial charge < -0.3 is 5.32 Å². The normalized spacial score (nSPS) is 11.3. The second-order valence-electron chi connectivity index (χ2n) is 4.44. The molecule has 1 aromatic heterocycles. The van der Waals surface area contributed by atoms with Crippen molar-refractivity contribution in [1.29, 1.82) is 0 Å². The summed E-state index contributed by atoms with van der Waals surface area (Å²) in [6.45, 7) is 5.23. The van der Waals surface area contributed by atoms with Crippen molar-refractivity contribution in [1.82, 2.24) is 10.4 Å². The van der Waals surface area contributed by atoms with Gasteiger partial charge in [-0.3, -0.25) is 14.6 Å². The van der Waals surface area contributed by atoms with E-state index in [9.17, 15) is 9.59 Å². The fraction of sp³-hybridized carbons (Fsp3) is 0.385. The van der Waals surface area contributed by atoms with Crippen LogP contribution in [0.25, 0.3) is 0 Å². The molecule has 102 valence electrons. The van der Waals surface area contributed by atoms with Crippen LogP contribution in [0.1, 0.15) is 27.2 Å². The van der Waals surface area contributed by atoms with Crippen LogP contribution in [0.2, 0.25) is 0 Å². The Balaban J connectivity index is 2.44. The number of carbonyl (C=O) groups is 2. The number of pyridine rings is 1. The highest BCUT2D eigenvalue weighted by Gasteiger charge is 2.07. The van der Waals surface area contributed by atoms with Gasteiger partial charge in [0.1, 0.15) is 0 Å². The summed E-state index contributed by atoms with van der Waals surface area (Å²) in [6.07, 6.45) is 3.31. The van der Waals surface area contributed by atoms with Crippen molar-refractivity contribution in [2.45, 2.75) is 27.2 Å². The largest absolute Gasteiger partial charge is 0.324 e. The van der Waals surface area contributed by atoms with Crippen LogP contribution in [0.3, 0.4) is 0 Å². The predicted octanol–water partition coefficient (Wildman–Crippen LogP) is 1.56. The van der Waals surface area contributed by atoms with Gasteiger partial charge in [-0.25, -0.2) is 5.43 Å². The molecule has 1 aromatic rings. The molecule has 0 saturated carbocycles. The van der Waals surface area contributed by atoms with Crippen molar-refractivity contribution in [3.05, 3.63) is 24.5 Å². The van der Waals surface area contributed by atoms with Crippen molar-refractivity contribution in [2.75, 3.05) is 5.32 Å². The summed E-state index contributed by atoms with van der Waals surface area (Å²) >= 11 is 0. The molecule has 1 rings (SSSR count). The third-order valence-corrected chi connectivity index (χ3v) is 2.24. The standard InChI is InChI=1S/C13H18N4O2/c1-9(2)13(19)17-16-10(3)7-12(18)15-11-5-4-6-14-8-11/h4-6,8-9H,7H2,1-3H3,(H,15,18)(H,17,19)/b16-10+. The molecule has 6 nitrogen and oxygen atoms in total. The van der Waals surface area contributed by atoms with Crippen molar-refractivity contribution in [3.8, 4) is 0 Å². The van der Waals surface area contributed by atoms with E-state index in [0.717, 1.165) is 0 Å². The fourth-order valence-electron chi connectivity index (χ4n) is 1.19. The minimum absolute atomic E-state index is 0.118. The first-order valence-electron chi connectivity index (χ1n) is 6.02. The van der Waals surface area contributed by atoms with Crippen molar-refractivity contribution >= 4 is 23.2 Å². The molecule has 0 aliphatic carbocycles. The molecule has 0 bridgehead atoms. The van der Waals surface area contributed by atoms with Gasteiger partial charge in [-0.2, -0.15) is 5.10 Å². The Morgan fingerprint density at radius 2 is 2.16 bits per heavy atom. The number of hydrogen-bond acceptors (Lipinski definition) is 4. The second-order valence-corrected chi connectivity index (χ2v) is 4.44. The molecule has 2 amide bonds. The minimum Gasteiger partial charge on any atom is -0.324 e. The molecule has 0 radical (unpaired) electrons. The number of hydrazone groups is 1. The lowest BCUT2D eigenvalue weighted by molar-refractivity contribution is -0.124. The molecule has 2 N–H and O–H groups in total. The highest BCUT2D eigenvalue weighted by atomic mass is 16.2. The molecule has 0 saturated heterocycles. The number of aromatic nitrogens is 1. The smallest absolute Gasteiger partial charge is 0.242 e. The zero-order chi connectivity index (χ0) is 14.3. The minimum atomic E-state index is -0.201. The van der Waals surface area contributed by atoms with Gasteiger partial charge in [-0.15, -0.1) is 0 Å². The summed E-state index contributed by atoms with van der Waals surface area (Å²) in [4.78, 5) is 26.9. The van der Waals surface area contributed by atoms with Gasteiger partial charge in [-0.1, -0.05) is 13.8 Å². The first kappa shape index (κ1) is 14.8. The Labute approximate surface area is 112 Å². The van der Waals surface area contributed by atoms with Crippen molar-refractivity contribution < 1.29 is 9.59 Å². The zero-order valence-electron chi connectivity index (χ0n) is 11.3. The van der Waals surface area contributed by atoms with Crippen LogP contribution >= 0.6 is 0 Å². The lowest BCUT2D eigenvalue weighted by atomic mass is 10.2. The maximum atomic E-state index is 11.7. The monoisotopic (exact) mass is 262 g/mol. The van der Waals surface area contributed by atoms with Crippen LogP contribution in [-0.4, -0.2) is 22.5 Å². The van der Waals surface area contributed by atoms with Crippen LogP contribution in [0.15, 0.2) is 29.6 Å². The summed E-state index contributed by atoms with van der Waals surface area (Å²) in [7, 11) is 0. The average Bonchev–Trinajstić information content (AvgIpc) is 2.36. The lowest BCUT2D eigenvalue weighted by Gasteiger charge is -2.05. The van der Waals surface area contributed by atoms with Crippen LogP contribution < -0.4 is 10.7 Å². The first-order chi connectivity index (χ1) is 8.99. The molecule has 0 unspecified atom stereocenters. The summed E-state index contributed by atoms with van der Waals surface area (Å²) in [5.74, 6) is -0.513. The number of amides is 2. The molecule has 0 spiro atoms. The second kappa shape index (κ2) is 7.25. The maximum Gasteiger partial charge on any atom is 0.242 e. The summed E-state index contributed by atoms with van der Waals surface area (Å²) in [5, 5.41) is 6.56. The molecule has 0 aromatic carbocycles. The van der Waals surface area contributed by atoms with Gasteiger partial charge in [-0.05, 0) is 19.1 Å². The van der Waals surface area contributed by atoms with Crippen molar-refractivity contribution in [2.24, 2.45) is 11.0 Å². The lowest BCUT2D eigenvalue weighted by Crippen LogP contribution is -2.25. The van der Waals surface area contributed by atoms with Crippen LogP contribution in [0.4, 0.5) is 5.69 Å². The molecule has 19 heavy (non-hydrogen) atoms. The number of hydrogen-bond donors (Lipinski definition) is 2. The average molecular weight is 262 g/mol. The van der Waals surface area contributed by atoms with E-state index in [4.69, 9.17) is 0 Å². The van der Waals surface area contributed by atoms with E-state index in [1.165, 1.54) is 0 Å². The van der Waals surface area contributed by atoms with E-state index in [2.05, 4.69) is 20.8 Å². The molecular formula is C13H18N4O2. The Hall–Kier alpha value is -2.24. The summed E-state index contributed by atoms with van der Waals surface area (Å²) in [5.41, 5.74) is 3.58. The van der Waals surface area contributed by atoms with E-state index >= 15 is 0 Å². The molecule has 1 heterocycles.